The molecule has 0 aliphatic carbocycles. The topological polar surface area (TPSA) is 73.9 Å². The van der Waals surface area contributed by atoms with Gasteiger partial charge in [0.05, 0.1) is 19.7 Å². The Morgan fingerprint density at radius 2 is 1.70 bits per heavy atom. The van der Waals surface area contributed by atoms with Gasteiger partial charge in [0.2, 0.25) is 11.8 Å². The van der Waals surface area contributed by atoms with Crippen molar-refractivity contribution in [2.75, 3.05) is 50.5 Å². The number of benzene rings is 2. The molecule has 1 aliphatic rings. The zero-order chi connectivity index (χ0) is 21.5. The molecule has 0 aromatic heterocycles. The van der Waals surface area contributed by atoms with Crippen LogP contribution in [0.15, 0.2) is 48.5 Å². The minimum absolute atomic E-state index is 0.0828. The van der Waals surface area contributed by atoms with Crippen molar-refractivity contribution in [3.8, 4) is 5.75 Å². The molecular formula is C22H27FN4O3. The number of anilines is 2. The van der Waals surface area contributed by atoms with Gasteiger partial charge in [-0.05, 0) is 37.3 Å². The fourth-order valence-electron chi connectivity index (χ4n) is 3.39. The van der Waals surface area contributed by atoms with Crippen LogP contribution in [-0.2, 0) is 9.59 Å². The lowest BCUT2D eigenvalue weighted by Crippen LogP contribution is -2.53. The van der Waals surface area contributed by atoms with Crippen molar-refractivity contribution in [2.45, 2.75) is 13.0 Å². The summed E-state index contributed by atoms with van der Waals surface area (Å²) in [4.78, 5) is 28.9. The summed E-state index contributed by atoms with van der Waals surface area (Å²) in [7, 11) is 1.58. The van der Waals surface area contributed by atoms with E-state index in [4.69, 9.17) is 4.74 Å². The number of halogens is 1. The molecular weight excluding hydrogens is 387 g/mol. The highest BCUT2D eigenvalue weighted by molar-refractivity contribution is 5.94. The number of nitrogens with one attached hydrogen (secondary N) is 2. The molecule has 8 heteroatoms. The first kappa shape index (κ1) is 21.7. The predicted octanol–water partition coefficient (Wildman–Crippen LogP) is 2.42. The van der Waals surface area contributed by atoms with Crippen LogP contribution in [0.3, 0.4) is 0 Å². The fourth-order valence-corrected chi connectivity index (χ4v) is 3.39. The van der Waals surface area contributed by atoms with Gasteiger partial charge in [0.15, 0.2) is 0 Å². The van der Waals surface area contributed by atoms with Crippen molar-refractivity contribution < 1.29 is 18.7 Å². The van der Waals surface area contributed by atoms with Crippen LogP contribution in [-0.4, -0.2) is 67.5 Å². The predicted molar refractivity (Wildman–Crippen MR) is 114 cm³/mol. The quantitative estimate of drug-likeness (QED) is 0.728. The maximum Gasteiger partial charge on any atom is 0.241 e. The van der Waals surface area contributed by atoms with Crippen molar-refractivity contribution in [1.82, 2.24) is 9.80 Å². The first-order valence-electron chi connectivity index (χ1n) is 9.91. The van der Waals surface area contributed by atoms with Crippen LogP contribution < -0.4 is 15.4 Å². The molecule has 1 fully saturated rings. The van der Waals surface area contributed by atoms with Crippen molar-refractivity contribution in [3.05, 3.63) is 54.3 Å². The number of nitrogens with zero attached hydrogens (tertiary/aromatic N) is 2. The van der Waals surface area contributed by atoms with E-state index in [-0.39, 0.29) is 30.2 Å². The normalized spacial score (nSPS) is 16.0. The number of methoxy groups -OCH3 is 1. The molecule has 3 rings (SSSR count). The Balaban J connectivity index is 1.44. The van der Waals surface area contributed by atoms with E-state index in [1.807, 2.05) is 30.0 Å². The summed E-state index contributed by atoms with van der Waals surface area (Å²) >= 11 is 0. The molecule has 2 amide bonds. The summed E-state index contributed by atoms with van der Waals surface area (Å²) in [6, 6.07) is 12.8. The summed E-state index contributed by atoms with van der Waals surface area (Å²) in [5.41, 5.74) is 1.14. The second kappa shape index (κ2) is 10.2. The highest BCUT2D eigenvalue weighted by atomic mass is 19.1. The Bertz CT molecular complexity index is 884. The SMILES string of the molecule is COc1cccc(NC(=O)[C@@H](C)N2CCN(CC(=O)Nc3cccc(F)c3)CC2)c1. The van der Waals surface area contributed by atoms with Gasteiger partial charge in [0.1, 0.15) is 11.6 Å². The van der Waals surface area contributed by atoms with Crippen LogP contribution >= 0.6 is 0 Å². The lowest BCUT2D eigenvalue weighted by molar-refractivity contribution is -0.122. The number of amides is 2. The second-order valence-corrected chi connectivity index (χ2v) is 7.27. The molecule has 1 heterocycles. The Hall–Kier alpha value is -2.97. The van der Waals surface area contributed by atoms with Gasteiger partial charge in [0, 0.05) is 43.6 Å². The molecule has 2 aromatic carbocycles. The van der Waals surface area contributed by atoms with E-state index in [1.165, 1.54) is 12.1 Å². The minimum atomic E-state index is -0.386. The molecule has 160 valence electrons. The number of hydrogen-bond acceptors (Lipinski definition) is 5. The summed E-state index contributed by atoms with van der Waals surface area (Å²) in [5, 5.41) is 5.63. The Morgan fingerprint density at radius 1 is 1.03 bits per heavy atom. The van der Waals surface area contributed by atoms with Gasteiger partial charge in [-0.25, -0.2) is 4.39 Å². The van der Waals surface area contributed by atoms with E-state index < -0.39 is 0 Å². The van der Waals surface area contributed by atoms with Crippen molar-refractivity contribution in [1.29, 1.82) is 0 Å². The van der Waals surface area contributed by atoms with E-state index in [2.05, 4.69) is 15.5 Å². The lowest BCUT2D eigenvalue weighted by atomic mass is 10.2. The van der Waals surface area contributed by atoms with Crippen LogP contribution in [0.25, 0.3) is 0 Å². The molecule has 2 aromatic rings. The number of carbonyl (C=O) groups excluding carboxylic acids is 2. The minimum Gasteiger partial charge on any atom is -0.497 e. The van der Waals surface area contributed by atoms with Crippen LogP contribution in [0.2, 0.25) is 0 Å². The molecule has 30 heavy (non-hydrogen) atoms. The van der Waals surface area contributed by atoms with E-state index in [0.29, 0.717) is 43.3 Å². The Kier molecular flexibility index (Phi) is 7.37. The third kappa shape index (κ3) is 6.01. The zero-order valence-electron chi connectivity index (χ0n) is 17.2. The van der Waals surface area contributed by atoms with Crippen molar-refractivity contribution in [3.63, 3.8) is 0 Å². The van der Waals surface area contributed by atoms with Gasteiger partial charge in [-0.2, -0.15) is 0 Å². The highest BCUT2D eigenvalue weighted by Gasteiger charge is 2.26. The van der Waals surface area contributed by atoms with Gasteiger partial charge < -0.3 is 15.4 Å². The van der Waals surface area contributed by atoms with Gasteiger partial charge in [-0.3, -0.25) is 19.4 Å². The van der Waals surface area contributed by atoms with E-state index in [9.17, 15) is 14.0 Å². The summed E-state index contributed by atoms with van der Waals surface area (Å²) in [6.45, 7) is 4.82. The first-order chi connectivity index (χ1) is 14.4. The molecule has 0 unspecified atom stereocenters. The summed E-state index contributed by atoms with van der Waals surface area (Å²) in [6.07, 6.45) is 0. The van der Waals surface area contributed by atoms with Crippen molar-refractivity contribution in [2.24, 2.45) is 0 Å². The Labute approximate surface area is 175 Å². The monoisotopic (exact) mass is 414 g/mol. The summed E-state index contributed by atoms with van der Waals surface area (Å²) < 4.78 is 18.4. The largest absolute Gasteiger partial charge is 0.497 e. The summed E-state index contributed by atoms with van der Waals surface area (Å²) in [5.74, 6) is 0.0339. The van der Waals surface area contributed by atoms with Crippen LogP contribution in [0.5, 0.6) is 5.75 Å². The molecule has 0 spiro atoms. The number of piperazine rings is 1. The van der Waals surface area contributed by atoms with Crippen molar-refractivity contribution >= 4 is 23.2 Å². The first-order valence-corrected chi connectivity index (χ1v) is 9.91. The van der Waals surface area contributed by atoms with E-state index in [1.54, 1.807) is 25.3 Å². The average Bonchev–Trinajstić information content (AvgIpc) is 2.74. The van der Waals surface area contributed by atoms with E-state index in [0.717, 1.165) is 0 Å². The van der Waals surface area contributed by atoms with E-state index >= 15 is 0 Å². The molecule has 0 saturated carbocycles. The Morgan fingerprint density at radius 3 is 2.37 bits per heavy atom. The number of hydrogen-bond donors (Lipinski definition) is 2. The third-order valence-electron chi connectivity index (χ3n) is 5.15. The maximum atomic E-state index is 13.2. The zero-order valence-corrected chi connectivity index (χ0v) is 17.2. The highest BCUT2D eigenvalue weighted by Crippen LogP contribution is 2.18. The maximum absolute atomic E-state index is 13.2. The lowest BCUT2D eigenvalue weighted by Gasteiger charge is -2.37. The molecule has 1 saturated heterocycles. The standard InChI is InChI=1S/C22H27FN4O3/c1-16(22(29)25-19-7-4-8-20(14-19)30-2)27-11-9-26(10-12-27)15-21(28)24-18-6-3-5-17(23)13-18/h3-8,13-14,16H,9-12,15H2,1-2H3,(H,24,28)(H,25,29)/t16-/m1/s1. The molecule has 0 bridgehead atoms. The number of carbonyl (C=O) groups is 2. The van der Waals surface area contributed by atoms with Gasteiger partial charge in [-0.15, -0.1) is 0 Å². The van der Waals surface area contributed by atoms with Gasteiger partial charge in [0.25, 0.3) is 0 Å². The molecule has 7 nitrogen and oxygen atoms in total. The van der Waals surface area contributed by atoms with Crippen LogP contribution in [0.4, 0.5) is 15.8 Å². The number of rotatable bonds is 7. The molecule has 2 N–H and O–H groups in total. The second-order valence-electron chi connectivity index (χ2n) is 7.27. The third-order valence-corrected chi connectivity index (χ3v) is 5.15. The van der Waals surface area contributed by atoms with Gasteiger partial charge in [-0.1, -0.05) is 12.1 Å². The fraction of sp³-hybridized carbons (Fsp3) is 0.364. The molecule has 1 atom stereocenters. The van der Waals surface area contributed by atoms with Crippen LogP contribution in [0, 0.1) is 5.82 Å². The van der Waals surface area contributed by atoms with Gasteiger partial charge >= 0.3 is 0 Å². The van der Waals surface area contributed by atoms with Crippen LogP contribution in [0.1, 0.15) is 6.92 Å². The average molecular weight is 414 g/mol. The molecule has 1 aliphatic heterocycles. The molecule has 0 radical (unpaired) electrons. The smallest absolute Gasteiger partial charge is 0.241 e. The number of ether oxygens (including phenoxy) is 1.